The van der Waals surface area contributed by atoms with Crippen molar-refractivity contribution in [1.29, 1.82) is 0 Å². The van der Waals surface area contributed by atoms with E-state index in [1.54, 1.807) is 46.3 Å². The summed E-state index contributed by atoms with van der Waals surface area (Å²) < 4.78 is 17.7. The van der Waals surface area contributed by atoms with Crippen LogP contribution in [0, 0.1) is 5.82 Å². The highest BCUT2D eigenvalue weighted by atomic mass is 19.1. The third-order valence-electron chi connectivity index (χ3n) is 5.34. The lowest BCUT2D eigenvalue weighted by atomic mass is 10.2. The topological polar surface area (TPSA) is 72.1 Å². The van der Waals surface area contributed by atoms with Crippen molar-refractivity contribution in [1.82, 2.24) is 29.2 Å². The Bertz CT molecular complexity index is 1180. The molecule has 1 fully saturated rings. The molecule has 5 rings (SSSR count). The molecule has 1 aromatic carbocycles. The van der Waals surface area contributed by atoms with E-state index in [2.05, 4.69) is 20.0 Å². The number of hydrogen-bond donors (Lipinski definition) is 0. The van der Waals surface area contributed by atoms with Crippen LogP contribution in [0.15, 0.2) is 73.6 Å². The Morgan fingerprint density at radius 2 is 1.71 bits per heavy atom. The van der Waals surface area contributed by atoms with Gasteiger partial charge in [-0.15, -0.1) is 0 Å². The molecule has 0 bridgehead atoms. The molecule has 0 saturated carbocycles. The molecule has 4 aromatic rings. The summed E-state index contributed by atoms with van der Waals surface area (Å²) in [5, 5.41) is 4.36. The van der Waals surface area contributed by atoms with Gasteiger partial charge in [-0.1, -0.05) is 12.1 Å². The molecule has 9 heteroatoms. The van der Waals surface area contributed by atoms with Crippen molar-refractivity contribution < 1.29 is 9.18 Å². The molecule has 156 valence electrons. The monoisotopic (exact) mass is 417 g/mol. The van der Waals surface area contributed by atoms with Gasteiger partial charge in [0.25, 0.3) is 5.91 Å². The molecule has 1 saturated heterocycles. The number of carbonyl (C=O) groups is 1. The largest absolute Gasteiger partial charge is 0.352 e. The number of piperazine rings is 1. The van der Waals surface area contributed by atoms with Gasteiger partial charge in [0.1, 0.15) is 22.9 Å². The Morgan fingerprint density at radius 3 is 2.42 bits per heavy atom. The maximum absolute atomic E-state index is 14.5. The van der Waals surface area contributed by atoms with Crippen LogP contribution in [0.5, 0.6) is 0 Å². The Morgan fingerprint density at radius 1 is 0.935 bits per heavy atom. The first-order valence-electron chi connectivity index (χ1n) is 9.99. The van der Waals surface area contributed by atoms with E-state index in [4.69, 9.17) is 0 Å². The number of rotatable bonds is 4. The summed E-state index contributed by atoms with van der Waals surface area (Å²) in [5.41, 5.74) is 0.713. The maximum Gasteiger partial charge on any atom is 0.259 e. The van der Waals surface area contributed by atoms with E-state index < -0.39 is 5.82 Å². The van der Waals surface area contributed by atoms with Gasteiger partial charge in [-0.05, 0) is 24.3 Å². The van der Waals surface area contributed by atoms with E-state index in [0.29, 0.717) is 37.6 Å². The number of carbonyl (C=O) groups excluding carboxylic acids is 1. The predicted molar refractivity (Wildman–Crippen MR) is 113 cm³/mol. The molecular formula is C22H20FN7O. The number of halogens is 1. The molecule has 3 aromatic heterocycles. The summed E-state index contributed by atoms with van der Waals surface area (Å²) in [6.45, 7) is 2.41. The van der Waals surface area contributed by atoms with Crippen LogP contribution in [0.25, 0.3) is 11.5 Å². The van der Waals surface area contributed by atoms with Gasteiger partial charge in [0, 0.05) is 51.0 Å². The molecule has 4 heterocycles. The number of hydrogen-bond acceptors (Lipinski definition) is 5. The Labute approximate surface area is 178 Å². The van der Waals surface area contributed by atoms with Crippen molar-refractivity contribution in [2.24, 2.45) is 0 Å². The molecule has 0 unspecified atom stereocenters. The fourth-order valence-electron chi connectivity index (χ4n) is 3.78. The molecule has 0 atom stereocenters. The van der Waals surface area contributed by atoms with Gasteiger partial charge >= 0.3 is 0 Å². The number of para-hydroxylation sites is 1. The quantitative estimate of drug-likeness (QED) is 0.510. The standard InChI is InChI=1S/C22H20FN7O/c23-18-5-1-2-6-19(18)30-21(28-9-3-4-10-28)17(15-26-30)22(31)29-13-11-27(12-14-29)20-16-24-7-8-25-20/h1-10,15-16H,11-14H2. The van der Waals surface area contributed by atoms with Crippen LogP contribution in [0.1, 0.15) is 10.4 Å². The van der Waals surface area contributed by atoms with Crippen LogP contribution in [0.3, 0.4) is 0 Å². The lowest BCUT2D eigenvalue weighted by Gasteiger charge is -2.35. The first kappa shape index (κ1) is 19.0. The van der Waals surface area contributed by atoms with Gasteiger partial charge < -0.3 is 14.4 Å². The first-order chi connectivity index (χ1) is 15.2. The number of aromatic nitrogens is 5. The van der Waals surface area contributed by atoms with Crippen LogP contribution < -0.4 is 4.90 Å². The van der Waals surface area contributed by atoms with Gasteiger partial charge in [0.2, 0.25) is 0 Å². The third-order valence-corrected chi connectivity index (χ3v) is 5.34. The van der Waals surface area contributed by atoms with E-state index in [0.717, 1.165) is 5.82 Å². The van der Waals surface area contributed by atoms with Crippen LogP contribution in [-0.4, -0.2) is 61.3 Å². The Hall–Kier alpha value is -4.01. The molecule has 1 aliphatic heterocycles. The average molecular weight is 417 g/mol. The summed E-state index contributed by atoms with van der Waals surface area (Å²) in [7, 11) is 0. The minimum Gasteiger partial charge on any atom is -0.352 e. The fraction of sp³-hybridized carbons (Fsp3) is 0.182. The summed E-state index contributed by atoms with van der Waals surface area (Å²) in [6, 6.07) is 10.1. The normalized spacial score (nSPS) is 14.1. The number of nitrogens with zero attached hydrogens (tertiary/aromatic N) is 7. The molecule has 0 N–H and O–H groups in total. The molecule has 0 spiro atoms. The zero-order chi connectivity index (χ0) is 21.2. The maximum atomic E-state index is 14.5. The second kappa shape index (κ2) is 8.02. The molecule has 1 aliphatic rings. The zero-order valence-corrected chi connectivity index (χ0v) is 16.7. The van der Waals surface area contributed by atoms with Gasteiger partial charge in [-0.3, -0.25) is 9.78 Å². The number of benzene rings is 1. The molecule has 1 amide bonds. The molecule has 8 nitrogen and oxygen atoms in total. The van der Waals surface area contributed by atoms with Gasteiger partial charge in [-0.25, -0.2) is 14.1 Å². The van der Waals surface area contributed by atoms with Crippen LogP contribution in [0.4, 0.5) is 10.2 Å². The lowest BCUT2D eigenvalue weighted by molar-refractivity contribution is 0.0746. The highest BCUT2D eigenvalue weighted by molar-refractivity contribution is 5.97. The van der Waals surface area contributed by atoms with E-state index in [1.807, 2.05) is 24.5 Å². The van der Waals surface area contributed by atoms with Crippen molar-refractivity contribution in [2.75, 3.05) is 31.1 Å². The number of amides is 1. The van der Waals surface area contributed by atoms with E-state index >= 15 is 0 Å². The second-order valence-electron chi connectivity index (χ2n) is 7.18. The summed E-state index contributed by atoms with van der Waals surface area (Å²) in [4.78, 5) is 25.7. The average Bonchev–Trinajstić information content (AvgIpc) is 3.49. The predicted octanol–water partition coefficient (Wildman–Crippen LogP) is 2.55. The minimum atomic E-state index is -0.407. The zero-order valence-electron chi connectivity index (χ0n) is 16.7. The van der Waals surface area contributed by atoms with Gasteiger partial charge in [0.05, 0.1) is 12.4 Å². The number of anilines is 1. The SMILES string of the molecule is O=C(c1cnn(-c2ccccc2F)c1-n1cccc1)N1CCN(c2cnccn2)CC1. The lowest BCUT2D eigenvalue weighted by Crippen LogP contribution is -2.49. The Balaban J connectivity index is 1.44. The van der Waals surface area contributed by atoms with E-state index in [9.17, 15) is 9.18 Å². The molecule has 0 radical (unpaired) electrons. The molecule has 31 heavy (non-hydrogen) atoms. The molecule has 0 aliphatic carbocycles. The van der Waals surface area contributed by atoms with Crippen molar-refractivity contribution in [3.63, 3.8) is 0 Å². The smallest absolute Gasteiger partial charge is 0.259 e. The highest BCUT2D eigenvalue weighted by Gasteiger charge is 2.28. The Kier molecular flexibility index (Phi) is 4.91. The van der Waals surface area contributed by atoms with Crippen LogP contribution in [-0.2, 0) is 0 Å². The van der Waals surface area contributed by atoms with E-state index in [1.165, 1.54) is 16.9 Å². The van der Waals surface area contributed by atoms with Crippen molar-refractivity contribution >= 4 is 11.7 Å². The summed E-state index contributed by atoms with van der Waals surface area (Å²) in [6.07, 6.45) is 10.2. The fourth-order valence-corrected chi connectivity index (χ4v) is 3.78. The summed E-state index contributed by atoms with van der Waals surface area (Å²) in [5.74, 6) is 0.770. The minimum absolute atomic E-state index is 0.134. The second-order valence-corrected chi connectivity index (χ2v) is 7.18. The van der Waals surface area contributed by atoms with Gasteiger partial charge in [0.15, 0.2) is 5.82 Å². The van der Waals surface area contributed by atoms with Crippen LogP contribution >= 0.6 is 0 Å². The van der Waals surface area contributed by atoms with Gasteiger partial charge in [-0.2, -0.15) is 5.10 Å². The van der Waals surface area contributed by atoms with E-state index in [-0.39, 0.29) is 11.6 Å². The highest BCUT2D eigenvalue weighted by Crippen LogP contribution is 2.23. The molecular weight excluding hydrogens is 397 g/mol. The third kappa shape index (κ3) is 3.54. The summed E-state index contributed by atoms with van der Waals surface area (Å²) >= 11 is 0. The van der Waals surface area contributed by atoms with Crippen molar-refractivity contribution in [2.45, 2.75) is 0 Å². The van der Waals surface area contributed by atoms with Crippen molar-refractivity contribution in [3.05, 3.63) is 85.0 Å². The first-order valence-corrected chi connectivity index (χ1v) is 9.99. The van der Waals surface area contributed by atoms with Crippen molar-refractivity contribution in [3.8, 4) is 11.5 Å². The van der Waals surface area contributed by atoms with Crippen LogP contribution in [0.2, 0.25) is 0 Å².